The molecule has 3 aliphatic rings. The topological polar surface area (TPSA) is 58.4 Å². The van der Waals surface area contributed by atoms with Gasteiger partial charge in [-0.25, -0.2) is 0 Å². The summed E-state index contributed by atoms with van der Waals surface area (Å²) in [5.41, 5.74) is 5.77. The Morgan fingerprint density at radius 2 is 1.61 bits per heavy atom. The molecule has 3 rings (SSSR count). The fraction of sp³-hybridized carbons (Fsp3) is 0.947. The predicted molar refractivity (Wildman–Crippen MR) is 93.6 cm³/mol. The molecule has 2 atom stereocenters. The van der Waals surface area contributed by atoms with Gasteiger partial charge in [-0.2, -0.15) is 0 Å². The summed E-state index contributed by atoms with van der Waals surface area (Å²) >= 11 is 0. The smallest absolute Gasteiger partial charge is 0.244 e. The summed E-state index contributed by atoms with van der Waals surface area (Å²) < 4.78 is 0. The highest BCUT2D eigenvalue weighted by atomic mass is 16.2. The van der Waals surface area contributed by atoms with Gasteiger partial charge in [-0.1, -0.05) is 64.2 Å². The molecule has 0 aromatic rings. The standard InChI is InChI=1S/C19H35N3O/c1-22-17(23)19(21-18(22)20,14-16-10-6-3-7-11-16)13-12-15-8-4-2-5-9-15/h15-16,18,21H,2-14,20H2,1H3/t18?,19-/m1/s1. The number of carbonyl (C=O) groups excluding carboxylic acids is 1. The summed E-state index contributed by atoms with van der Waals surface area (Å²) in [6.45, 7) is 0. The number of hydrogen-bond acceptors (Lipinski definition) is 3. The molecular formula is C19H35N3O. The lowest BCUT2D eigenvalue weighted by Crippen LogP contribution is -2.51. The number of carbonyl (C=O) groups is 1. The van der Waals surface area contributed by atoms with E-state index in [0.717, 1.165) is 18.8 Å². The van der Waals surface area contributed by atoms with Crippen molar-refractivity contribution in [1.29, 1.82) is 0 Å². The Balaban J connectivity index is 1.66. The van der Waals surface area contributed by atoms with E-state index in [9.17, 15) is 4.79 Å². The molecule has 0 aromatic heterocycles. The average Bonchev–Trinajstić information content (AvgIpc) is 2.79. The first-order valence-electron chi connectivity index (χ1n) is 9.91. The van der Waals surface area contributed by atoms with E-state index in [1.807, 2.05) is 7.05 Å². The summed E-state index contributed by atoms with van der Waals surface area (Å²) in [5.74, 6) is 1.76. The second-order valence-electron chi connectivity index (χ2n) is 8.34. The largest absolute Gasteiger partial charge is 0.316 e. The minimum Gasteiger partial charge on any atom is -0.316 e. The molecule has 1 amide bonds. The molecule has 2 saturated carbocycles. The monoisotopic (exact) mass is 321 g/mol. The molecule has 1 heterocycles. The molecule has 132 valence electrons. The molecule has 3 N–H and O–H groups in total. The number of amides is 1. The molecule has 0 spiro atoms. The van der Waals surface area contributed by atoms with Crippen molar-refractivity contribution in [2.24, 2.45) is 17.6 Å². The number of nitrogens with one attached hydrogen (secondary N) is 1. The van der Waals surface area contributed by atoms with Gasteiger partial charge in [-0.15, -0.1) is 0 Å². The Hall–Kier alpha value is -0.610. The Kier molecular flexibility index (Phi) is 5.63. The van der Waals surface area contributed by atoms with Gasteiger partial charge in [0, 0.05) is 7.05 Å². The summed E-state index contributed by atoms with van der Waals surface area (Å²) in [5, 5.41) is 3.51. The second-order valence-corrected chi connectivity index (χ2v) is 8.34. The van der Waals surface area contributed by atoms with Gasteiger partial charge in [0.25, 0.3) is 0 Å². The van der Waals surface area contributed by atoms with E-state index >= 15 is 0 Å². The third-order valence-corrected chi connectivity index (χ3v) is 6.64. The maximum Gasteiger partial charge on any atom is 0.244 e. The van der Waals surface area contributed by atoms with Crippen molar-refractivity contribution in [3.63, 3.8) is 0 Å². The summed E-state index contributed by atoms with van der Waals surface area (Å²) in [6, 6.07) is 0. The second kappa shape index (κ2) is 7.52. The fourth-order valence-electron chi connectivity index (χ4n) is 5.14. The van der Waals surface area contributed by atoms with Crippen molar-refractivity contribution in [1.82, 2.24) is 10.2 Å². The molecule has 0 aromatic carbocycles. The summed E-state index contributed by atoms with van der Waals surface area (Å²) in [6.07, 6.45) is 16.3. The van der Waals surface area contributed by atoms with Gasteiger partial charge in [-0.3, -0.25) is 15.8 Å². The van der Waals surface area contributed by atoms with E-state index in [2.05, 4.69) is 5.32 Å². The van der Waals surface area contributed by atoms with Gasteiger partial charge in [-0.05, 0) is 31.1 Å². The third-order valence-electron chi connectivity index (χ3n) is 6.64. The van der Waals surface area contributed by atoms with Crippen LogP contribution in [0.3, 0.4) is 0 Å². The molecule has 4 heteroatoms. The van der Waals surface area contributed by atoms with Crippen LogP contribution in [0.2, 0.25) is 0 Å². The van der Waals surface area contributed by atoms with Gasteiger partial charge in [0.15, 0.2) is 0 Å². The molecule has 0 radical (unpaired) electrons. The fourth-order valence-corrected chi connectivity index (χ4v) is 5.14. The summed E-state index contributed by atoms with van der Waals surface area (Å²) in [4.78, 5) is 14.7. The van der Waals surface area contributed by atoms with Crippen LogP contribution in [0.4, 0.5) is 0 Å². The first-order chi connectivity index (χ1) is 11.1. The van der Waals surface area contributed by atoms with Crippen LogP contribution in [0, 0.1) is 11.8 Å². The van der Waals surface area contributed by atoms with Crippen molar-refractivity contribution in [3.05, 3.63) is 0 Å². The zero-order chi connectivity index (χ0) is 16.3. The molecule has 1 saturated heterocycles. The van der Waals surface area contributed by atoms with Gasteiger partial charge < -0.3 is 4.90 Å². The van der Waals surface area contributed by atoms with E-state index in [1.165, 1.54) is 70.6 Å². The van der Waals surface area contributed by atoms with Crippen LogP contribution >= 0.6 is 0 Å². The van der Waals surface area contributed by atoms with E-state index < -0.39 is 0 Å². The van der Waals surface area contributed by atoms with E-state index in [0.29, 0.717) is 5.92 Å². The molecule has 3 fully saturated rings. The van der Waals surface area contributed by atoms with Crippen LogP contribution in [0.5, 0.6) is 0 Å². The summed E-state index contributed by atoms with van der Waals surface area (Å²) in [7, 11) is 1.85. The Labute approximate surface area is 141 Å². The van der Waals surface area contributed by atoms with Gasteiger partial charge in [0.2, 0.25) is 5.91 Å². The first-order valence-corrected chi connectivity index (χ1v) is 9.91. The first kappa shape index (κ1) is 17.2. The van der Waals surface area contributed by atoms with Crippen molar-refractivity contribution < 1.29 is 4.79 Å². The van der Waals surface area contributed by atoms with Crippen molar-refractivity contribution in [3.8, 4) is 0 Å². The molecule has 2 aliphatic carbocycles. The van der Waals surface area contributed by atoms with Crippen molar-refractivity contribution >= 4 is 5.91 Å². The third kappa shape index (κ3) is 3.90. The van der Waals surface area contributed by atoms with Gasteiger partial charge in [0.1, 0.15) is 11.8 Å². The minimum absolute atomic E-state index is 0.242. The normalized spacial score (nSPS) is 34.3. The van der Waals surface area contributed by atoms with Crippen LogP contribution in [0.15, 0.2) is 0 Å². The number of hydrogen-bond donors (Lipinski definition) is 2. The van der Waals surface area contributed by atoms with Crippen LogP contribution in [-0.2, 0) is 4.79 Å². The van der Waals surface area contributed by atoms with E-state index in [4.69, 9.17) is 5.73 Å². The average molecular weight is 322 g/mol. The lowest BCUT2D eigenvalue weighted by molar-refractivity contribution is -0.133. The molecule has 23 heavy (non-hydrogen) atoms. The Morgan fingerprint density at radius 3 is 2.13 bits per heavy atom. The molecular weight excluding hydrogens is 286 g/mol. The molecule has 0 bridgehead atoms. The van der Waals surface area contributed by atoms with Crippen LogP contribution in [0.1, 0.15) is 83.5 Å². The SMILES string of the molecule is CN1C(=O)[C@@](CCC2CCCCC2)(CC2CCCCC2)NC1N. The van der Waals surface area contributed by atoms with Crippen molar-refractivity contribution in [2.45, 2.75) is 95.3 Å². The number of nitrogens with two attached hydrogens (primary N) is 1. The minimum atomic E-state index is -0.381. The van der Waals surface area contributed by atoms with Crippen LogP contribution < -0.4 is 11.1 Å². The number of likely N-dealkylation sites (N-methyl/N-ethyl adjacent to an activating group) is 1. The van der Waals surface area contributed by atoms with Crippen LogP contribution in [-0.4, -0.2) is 29.7 Å². The van der Waals surface area contributed by atoms with Crippen LogP contribution in [0.25, 0.3) is 0 Å². The van der Waals surface area contributed by atoms with E-state index in [-0.39, 0.29) is 17.7 Å². The highest BCUT2D eigenvalue weighted by molar-refractivity contribution is 5.88. The Bertz CT molecular complexity index is 401. The van der Waals surface area contributed by atoms with Gasteiger partial charge in [0.05, 0.1) is 0 Å². The number of rotatable bonds is 5. The highest BCUT2D eigenvalue weighted by Crippen LogP contribution is 2.38. The number of nitrogens with zero attached hydrogens (tertiary/aromatic N) is 1. The lowest BCUT2D eigenvalue weighted by atomic mass is 9.75. The zero-order valence-corrected chi connectivity index (χ0v) is 14.9. The van der Waals surface area contributed by atoms with Crippen molar-refractivity contribution in [2.75, 3.05) is 7.05 Å². The molecule has 1 unspecified atom stereocenters. The quantitative estimate of drug-likeness (QED) is 0.816. The predicted octanol–water partition coefficient (Wildman–Crippen LogP) is 3.36. The molecule has 4 nitrogen and oxygen atoms in total. The maximum atomic E-state index is 13.0. The Morgan fingerprint density at radius 1 is 1.04 bits per heavy atom. The van der Waals surface area contributed by atoms with E-state index in [1.54, 1.807) is 4.90 Å². The lowest BCUT2D eigenvalue weighted by Gasteiger charge is -2.34. The maximum absolute atomic E-state index is 13.0. The molecule has 1 aliphatic heterocycles. The zero-order valence-electron chi connectivity index (χ0n) is 14.9. The van der Waals surface area contributed by atoms with Gasteiger partial charge >= 0.3 is 0 Å². The highest BCUT2D eigenvalue weighted by Gasteiger charge is 2.49.